The summed E-state index contributed by atoms with van der Waals surface area (Å²) in [5.74, 6) is 0.125. The number of carbonyl (C=O) groups excluding carboxylic acids is 3. The lowest BCUT2D eigenvalue weighted by Crippen LogP contribution is -2.65. The molecule has 4 amide bonds. The molecule has 2 aliphatic rings. The minimum Gasteiger partial charge on any atom is -0.390 e. The van der Waals surface area contributed by atoms with Crippen molar-refractivity contribution in [2.45, 2.75) is 115 Å². The van der Waals surface area contributed by atoms with Crippen molar-refractivity contribution in [3.05, 3.63) is 35.9 Å². The number of amides is 4. The SMILES string of the molecule is CCN(C)C(=O)N[C@H](C(=O)NC(Cc1ccccc1)C(O)CN1C[C@H]2CCCC[C@H]2CC1C(=O)NC(C)(C)C)C(C)(C)S(C)(=O)=O. The standard InChI is InChI=1S/C34H57N5O6S/c1-9-38(7)32(43)36-29(34(5,6)46(8,44)45)31(42)35-26(19-23-15-11-10-12-16-23)28(40)22-39-21-25-18-14-13-17-24(25)20-27(39)30(41)37-33(2,3)4/h10-12,15-16,24-29,40H,9,13-14,17-22H2,1-8H3,(H,35,42)(H,36,43)(H,37,41)/t24-,25+,26?,27?,28?,29+/m0/s1. The fourth-order valence-corrected chi connectivity index (χ4v) is 7.15. The maximum Gasteiger partial charge on any atom is 0.317 e. The second kappa shape index (κ2) is 15.5. The summed E-state index contributed by atoms with van der Waals surface area (Å²) in [6.45, 7) is 11.6. The van der Waals surface area contributed by atoms with Crippen LogP contribution in [0.15, 0.2) is 30.3 Å². The van der Waals surface area contributed by atoms with Crippen LogP contribution in [-0.2, 0) is 25.8 Å². The predicted molar refractivity (Wildman–Crippen MR) is 181 cm³/mol. The molecule has 260 valence electrons. The second-order valence-electron chi connectivity index (χ2n) is 14.9. The topological polar surface area (TPSA) is 148 Å². The first-order valence-electron chi connectivity index (χ1n) is 16.6. The largest absolute Gasteiger partial charge is 0.390 e. The number of nitrogens with one attached hydrogen (secondary N) is 3. The van der Waals surface area contributed by atoms with Crippen LogP contribution in [0.3, 0.4) is 0 Å². The number of hydrogen-bond acceptors (Lipinski definition) is 7. The number of urea groups is 1. The summed E-state index contributed by atoms with van der Waals surface area (Å²) >= 11 is 0. The van der Waals surface area contributed by atoms with E-state index in [9.17, 15) is 27.9 Å². The first-order valence-corrected chi connectivity index (χ1v) is 18.5. The van der Waals surface area contributed by atoms with Gasteiger partial charge in [0.25, 0.3) is 0 Å². The number of hydrogen-bond donors (Lipinski definition) is 4. The van der Waals surface area contributed by atoms with Crippen LogP contribution in [0.2, 0.25) is 0 Å². The normalized spacial score (nSPS) is 22.9. The molecule has 6 atom stereocenters. The Morgan fingerprint density at radius 2 is 1.63 bits per heavy atom. The molecule has 1 saturated heterocycles. The average Bonchev–Trinajstić information content (AvgIpc) is 2.97. The molecule has 1 aliphatic heterocycles. The molecule has 3 rings (SSSR count). The van der Waals surface area contributed by atoms with Gasteiger partial charge < -0.3 is 26.0 Å². The number of likely N-dealkylation sites (tertiary alicyclic amines) is 1. The molecule has 3 unspecified atom stereocenters. The highest BCUT2D eigenvalue weighted by Gasteiger charge is 2.46. The van der Waals surface area contributed by atoms with Crippen molar-refractivity contribution in [1.82, 2.24) is 25.8 Å². The Kier molecular flexibility index (Phi) is 12.7. The van der Waals surface area contributed by atoms with Crippen molar-refractivity contribution in [2.24, 2.45) is 11.8 Å². The monoisotopic (exact) mass is 663 g/mol. The third kappa shape index (κ3) is 9.90. The van der Waals surface area contributed by atoms with E-state index in [0.29, 0.717) is 24.9 Å². The van der Waals surface area contributed by atoms with Crippen molar-refractivity contribution in [1.29, 1.82) is 0 Å². The molecule has 0 aromatic heterocycles. The van der Waals surface area contributed by atoms with Gasteiger partial charge in [-0.3, -0.25) is 14.5 Å². The van der Waals surface area contributed by atoms with Crippen LogP contribution in [0, 0.1) is 11.8 Å². The fraction of sp³-hybridized carbons (Fsp3) is 0.735. The van der Waals surface area contributed by atoms with Crippen LogP contribution in [0.5, 0.6) is 0 Å². The lowest BCUT2D eigenvalue weighted by atomic mass is 9.72. The maximum absolute atomic E-state index is 14.0. The van der Waals surface area contributed by atoms with Crippen molar-refractivity contribution in [3.63, 3.8) is 0 Å². The Morgan fingerprint density at radius 3 is 2.20 bits per heavy atom. The molecule has 1 aromatic rings. The number of fused-ring (bicyclic) bond motifs is 1. The van der Waals surface area contributed by atoms with E-state index in [1.165, 1.54) is 18.7 Å². The van der Waals surface area contributed by atoms with Gasteiger partial charge >= 0.3 is 6.03 Å². The quantitative estimate of drug-likeness (QED) is 0.269. The number of β-amino-alcohol motifs (C(OH)–C–C–N with tert-alkyl or cyclic N) is 1. The fourth-order valence-electron chi connectivity index (χ4n) is 6.56. The number of carbonyl (C=O) groups is 3. The molecule has 11 nitrogen and oxygen atoms in total. The highest BCUT2D eigenvalue weighted by molar-refractivity contribution is 7.92. The van der Waals surface area contributed by atoms with Gasteiger partial charge in [0.2, 0.25) is 11.8 Å². The van der Waals surface area contributed by atoms with Crippen LogP contribution in [0.4, 0.5) is 4.79 Å². The van der Waals surface area contributed by atoms with E-state index in [4.69, 9.17) is 0 Å². The van der Waals surface area contributed by atoms with Crippen LogP contribution in [0.1, 0.15) is 79.2 Å². The van der Waals surface area contributed by atoms with Gasteiger partial charge in [0.15, 0.2) is 9.84 Å². The molecule has 0 bridgehead atoms. The number of piperidine rings is 1. The zero-order valence-electron chi connectivity index (χ0n) is 29.0. The summed E-state index contributed by atoms with van der Waals surface area (Å²) in [6, 6.07) is 6.16. The van der Waals surface area contributed by atoms with E-state index in [0.717, 1.165) is 43.9 Å². The molecule has 1 saturated carbocycles. The molecule has 2 fully saturated rings. The molecule has 1 aliphatic carbocycles. The Balaban J connectivity index is 1.93. The summed E-state index contributed by atoms with van der Waals surface area (Å²) in [5, 5.41) is 20.5. The van der Waals surface area contributed by atoms with Gasteiger partial charge in [0.1, 0.15) is 6.04 Å². The number of aliphatic hydroxyl groups is 1. The second-order valence-corrected chi connectivity index (χ2v) is 17.5. The number of nitrogens with zero attached hydrogens (tertiary/aromatic N) is 2. The van der Waals surface area contributed by atoms with Crippen molar-refractivity contribution >= 4 is 27.7 Å². The minimum atomic E-state index is -3.81. The molecule has 0 spiro atoms. The molecule has 12 heteroatoms. The molecule has 0 radical (unpaired) electrons. The average molecular weight is 664 g/mol. The van der Waals surface area contributed by atoms with Gasteiger partial charge in [-0.15, -0.1) is 0 Å². The smallest absolute Gasteiger partial charge is 0.317 e. The van der Waals surface area contributed by atoms with Gasteiger partial charge in [-0.2, -0.15) is 0 Å². The number of rotatable bonds is 12. The predicted octanol–water partition coefficient (Wildman–Crippen LogP) is 2.72. The lowest BCUT2D eigenvalue weighted by Gasteiger charge is -2.47. The molecular weight excluding hydrogens is 606 g/mol. The molecule has 1 heterocycles. The van der Waals surface area contributed by atoms with Crippen LogP contribution in [0.25, 0.3) is 0 Å². The van der Waals surface area contributed by atoms with Gasteiger partial charge in [0, 0.05) is 38.5 Å². The highest BCUT2D eigenvalue weighted by atomic mass is 32.2. The first kappa shape index (κ1) is 37.8. The molecule has 46 heavy (non-hydrogen) atoms. The number of sulfone groups is 1. The molecule has 1 aromatic carbocycles. The van der Waals surface area contributed by atoms with Crippen LogP contribution in [-0.4, -0.2) is 109 Å². The summed E-state index contributed by atoms with van der Waals surface area (Å²) in [5.41, 5.74) is 0.459. The van der Waals surface area contributed by atoms with E-state index >= 15 is 0 Å². The zero-order chi connectivity index (χ0) is 34.4. The Morgan fingerprint density at radius 1 is 1.02 bits per heavy atom. The third-order valence-corrected chi connectivity index (χ3v) is 12.0. The van der Waals surface area contributed by atoms with E-state index in [1.807, 2.05) is 51.1 Å². The summed E-state index contributed by atoms with van der Waals surface area (Å²) in [6.07, 6.45) is 5.43. The summed E-state index contributed by atoms with van der Waals surface area (Å²) in [4.78, 5) is 43.9. The third-order valence-electron chi connectivity index (χ3n) is 9.82. The van der Waals surface area contributed by atoms with Crippen LogP contribution >= 0.6 is 0 Å². The Labute approximate surface area is 276 Å². The molecule has 4 N–H and O–H groups in total. The number of aliphatic hydroxyl groups excluding tert-OH is 1. The first-order chi connectivity index (χ1) is 21.3. The highest BCUT2D eigenvalue weighted by Crippen LogP contribution is 2.39. The van der Waals surface area contributed by atoms with Gasteiger partial charge in [-0.05, 0) is 78.2 Å². The van der Waals surface area contributed by atoms with E-state index in [-0.39, 0.29) is 18.9 Å². The van der Waals surface area contributed by atoms with Gasteiger partial charge in [0.05, 0.1) is 22.9 Å². The van der Waals surface area contributed by atoms with Crippen molar-refractivity contribution in [2.75, 3.05) is 32.9 Å². The van der Waals surface area contributed by atoms with Gasteiger partial charge in [-0.25, -0.2) is 13.2 Å². The number of benzene rings is 1. The van der Waals surface area contributed by atoms with Gasteiger partial charge in [-0.1, -0.05) is 49.6 Å². The minimum absolute atomic E-state index is 0.0647. The lowest BCUT2D eigenvalue weighted by molar-refractivity contribution is -0.133. The van der Waals surface area contributed by atoms with Crippen LogP contribution < -0.4 is 16.0 Å². The van der Waals surface area contributed by atoms with E-state index < -0.39 is 56.3 Å². The van der Waals surface area contributed by atoms with E-state index in [2.05, 4.69) is 20.9 Å². The zero-order valence-corrected chi connectivity index (χ0v) is 29.8. The van der Waals surface area contributed by atoms with Crippen molar-refractivity contribution < 1.29 is 27.9 Å². The Bertz CT molecular complexity index is 1300. The summed E-state index contributed by atoms with van der Waals surface area (Å²) < 4.78 is 24.1. The Hall–Kier alpha value is -2.70. The van der Waals surface area contributed by atoms with Crippen molar-refractivity contribution in [3.8, 4) is 0 Å². The van der Waals surface area contributed by atoms with E-state index in [1.54, 1.807) is 14.0 Å². The summed E-state index contributed by atoms with van der Waals surface area (Å²) in [7, 11) is -2.26. The molecular formula is C34H57N5O6S. The maximum atomic E-state index is 14.0.